The van der Waals surface area contributed by atoms with Crippen molar-refractivity contribution < 1.29 is 18.1 Å². The van der Waals surface area contributed by atoms with Gasteiger partial charge >= 0.3 is 0 Å². The minimum absolute atomic E-state index is 0.0257. The highest BCUT2D eigenvalue weighted by Gasteiger charge is 2.25. The van der Waals surface area contributed by atoms with Gasteiger partial charge in [0.25, 0.3) is 0 Å². The molecule has 0 bridgehead atoms. The van der Waals surface area contributed by atoms with Crippen LogP contribution in [0.3, 0.4) is 0 Å². The van der Waals surface area contributed by atoms with Crippen molar-refractivity contribution in [1.29, 1.82) is 0 Å². The van der Waals surface area contributed by atoms with Crippen LogP contribution in [0.4, 0.5) is 4.39 Å². The fourth-order valence-corrected chi connectivity index (χ4v) is 5.31. The zero-order chi connectivity index (χ0) is 25.3. The fraction of sp³-hybridized carbons (Fsp3) is 0.400. The maximum atomic E-state index is 14.9. The van der Waals surface area contributed by atoms with Gasteiger partial charge in [0.1, 0.15) is 5.82 Å². The van der Waals surface area contributed by atoms with Gasteiger partial charge in [0.2, 0.25) is 11.8 Å². The van der Waals surface area contributed by atoms with E-state index in [0.29, 0.717) is 35.4 Å². The molecule has 1 amide bonds. The van der Waals surface area contributed by atoms with Crippen molar-refractivity contribution in [2.24, 2.45) is 7.05 Å². The van der Waals surface area contributed by atoms with Gasteiger partial charge in [-0.05, 0) is 86.3 Å². The van der Waals surface area contributed by atoms with Gasteiger partial charge in [-0.25, -0.2) is 13.6 Å². The van der Waals surface area contributed by atoms with E-state index in [9.17, 15) is 13.4 Å². The van der Waals surface area contributed by atoms with Gasteiger partial charge < -0.3 is 9.64 Å². The molecule has 1 aliphatic rings. The average molecular weight is 500 g/mol. The molecule has 186 valence electrons. The lowest BCUT2D eigenvalue weighted by Gasteiger charge is -2.19. The van der Waals surface area contributed by atoms with E-state index in [1.807, 2.05) is 25.9 Å². The van der Waals surface area contributed by atoms with E-state index in [1.165, 1.54) is 13.2 Å². The molecule has 3 aromatic rings. The van der Waals surface area contributed by atoms with Crippen molar-refractivity contribution in [2.45, 2.75) is 43.7 Å². The standard InChI is InChI=1S/C25H30FN5O3S/c1-15(30(2)3)22-14-25(28-31(22)4)35(33)29-23(32)13-20-17-7-6-8-18(17)21(26)12-19(20)16-9-10-27-24(11-16)34-5/h9-12,14-15H,6-8,13H2,1-5H3,(H,29,32). The predicted octanol–water partition coefficient (Wildman–Crippen LogP) is 3.12. The number of aryl methyl sites for hydroxylation is 1. The first-order valence-electron chi connectivity index (χ1n) is 11.4. The third kappa shape index (κ3) is 5.13. The number of amides is 1. The average Bonchev–Trinajstić information content (AvgIpc) is 3.48. The van der Waals surface area contributed by atoms with Gasteiger partial charge in [-0.1, -0.05) is 0 Å². The Morgan fingerprint density at radius 3 is 2.74 bits per heavy atom. The molecule has 10 heteroatoms. The number of nitrogens with one attached hydrogen (secondary N) is 1. The summed E-state index contributed by atoms with van der Waals surface area (Å²) >= 11 is 0. The minimum atomic E-state index is -1.82. The summed E-state index contributed by atoms with van der Waals surface area (Å²) in [5.41, 5.74) is 4.47. The molecule has 8 nitrogen and oxygen atoms in total. The largest absolute Gasteiger partial charge is 0.481 e. The highest BCUT2D eigenvalue weighted by molar-refractivity contribution is 7.83. The Morgan fingerprint density at radius 1 is 1.29 bits per heavy atom. The highest BCUT2D eigenvalue weighted by Crippen LogP contribution is 2.36. The molecule has 0 spiro atoms. The number of hydrogen-bond donors (Lipinski definition) is 1. The minimum Gasteiger partial charge on any atom is -0.481 e. The Morgan fingerprint density at radius 2 is 2.03 bits per heavy atom. The molecular formula is C25H30FN5O3S. The molecular weight excluding hydrogens is 469 g/mol. The zero-order valence-corrected chi connectivity index (χ0v) is 21.4. The second kappa shape index (κ2) is 10.2. The number of hydrogen-bond acceptors (Lipinski definition) is 6. The van der Waals surface area contributed by atoms with Crippen molar-refractivity contribution in [3.05, 3.63) is 58.7 Å². The summed E-state index contributed by atoms with van der Waals surface area (Å²) in [5, 5.41) is 4.62. The van der Waals surface area contributed by atoms with Gasteiger partial charge in [0.05, 0.1) is 19.2 Å². The van der Waals surface area contributed by atoms with Crippen molar-refractivity contribution in [3.63, 3.8) is 0 Å². The maximum absolute atomic E-state index is 14.9. The first-order valence-corrected chi connectivity index (χ1v) is 12.6. The number of ether oxygens (including phenoxy) is 1. The third-order valence-corrected chi connectivity index (χ3v) is 7.54. The van der Waals surface area contributed by atoms with Crippen LogP contribution in [-0.4, -0.2) is 51.0 Å². The normalized spacial score (nSPS) is 14.6. The van der Waals surface area contributed by atoms with Crippen molar-refractivity contribution in [2.75, 3.05) is 21.2 Å². The lowest BCUT2D eigenvalue weighted by Crippen LogP contribution is -2.28. The number of benzene rings is 1. The Kier molecular flexibility index (Phi) is 7.32. The summed E-state index contributed by atoms with van der Waals surface area (Å²) in [5.74, 6) is -0.288. The quantitative estimate of drug-likeness (QED) is 0.512. The number of rotatable bonds is 8. The van der Waals surface area contributed by atoms with Crippen LogP contribution in [0.2, 0.25) is 0 Å². The smallest absolute Gasteiger partial charge is 0.236 e. The molecule has 2 heterocycles. The summed E-state index contributed by atoms with van der Waals surface area (Å²) in [6.07, 6.45) is 3.73. The van der Waals surface area contributed by atoms with E-state index < -0.39 is 16.9 Å². The molecule has 1 N–H and O–H groups in total. The first kappa shape index (κ1) is 25.0. The first-order chi connectivity index (χ1) is 16.7. The molecule has 0 radical (unpaired) electrons. The molecule has 2 aromatic heterocycles. The van der Waals surface area contributed by atoms with Crippen LogP contribution in [0.5, 0.6) is 5.88 Å². The molecule has 35 heavy (non-hydrogen) atoms. The van der Waals surface area contributed by atoms with Crippen LogP contribution in [0.15, 0.2) is 35.5 Å². The number of methoxy groups -OCH3 is 1. The monoisotopic (exact) mass is 499 g/mol. The Bertz CT molecular complexity index is 1290. The van der Waals surface area contributed by atoms with Crippen molar-refractivity contribution >= 4 is 16.9 Å². The zero-order valence-electron chi connectivity index (χ0n) is 20.6. The number of aromatic nitrogens is 3. The highest BCUT2D eigenvalue weighted by atomic mass is 32.2. The van der Waals surface area contributed by atoms with E-state index in [-0.39, 0.29) is 23.3 Å². The van der Waals surface area contributed by atoms with Crippen LogP contribution in [0.25, 0.3) is 11.1 Å². The lowest BCUT2D eigenvalue weighted by molar-refractivity contribution is -0.118. The van der Waals surface area contributed by atoms with Crippen molar-refractivity contribution in [1.82, 2.24) is 24.4 Å². The van der Waals surface area contributed by atoms with Crippen LogP contribution in [-0.2, 0) is 42.1 Å². The lowest BCUT2D eigenvalue weighted by atomic mass is 9.91. The number of carbonyl (C=O) groups is 1. The van der Waals surface area contributed by atoms with Gasteiger partial charge in [-0.3, -0.25) is 14.2 Å². The van der Waals surface area contributed by atoms with Gasteiger partial charge in [-0.15, -0.1) is 0 Å². The Labute approximate surface area is 207 Å². The topological polar surface area (TPSA) is 89.4 Å². The van der Waals surface area contributed by atoms with E-state index >= 15 is 0 Å². The second-order valence-electron chi connectivity index (χ2n) is 8.92. The number of carbonyl (C=O) groups excluding carboxylic acids is 1. The van der Waals surface area contributed by atoms with E-state index in [4.69, 9.17) is 4.74 Å². The SMILES string of the molecule is COc1cc(-c2cc(F)c3c(c2CC(=O)NS(=O)c2cc(C(C)N(C)C)n(C)n2)CCC3)ccn1. The molecule has 0 fully saturated rings. The van der Waals surface area contributed by atoms with E-state index in [2.05, 4.69) is 14.8 Å². The van der Waals surface area contributed by atoms with E-state index in [0.717, 1.165) is 23.2 Å². The molecule has 2 unspecified atom stereocenters. The van der Waals surface area contributed by atoms with Gasteiger partial charge in [-0.2, -0.15) is 5.10 Å². The molecule has 1 aliphatic carbocycles. The molecule has 0 aliphatic heterocycles. The molecule has 4 rings (SSSR count). The number of fused-ring (bicyclic) bond motifs is 1. The van der Waals surface area contributed by atoms with E-state index in [1.54, 1.807) is 36.1 Å². The molecule has 0 saturated carbocycles. The number of pyridine rings is 1. The number of halogens is 1. The maximum Gasteiger partial charge on any atom is 0.236 e. The third-order valence-electron chi connectivity index (χ3n) is 6.55. The predicted molar refractivity (Wildman–Crippen MR) is 132 cm³/mol. The van der Waals surface area contributed by atoms with Crippen LogP contribution >= 0.6 is 0 Å². The Balaban J connectivity index is 1.62. The molecule has 2 atom stereocenters. The summed E-state index contributed by atoms with van der Waals surface area (Å²) in [6, 6.07) is 6.77. The van der Waals surface area contributed by atoms with Gasteiger partial charge in [0, 0.05) is 25.4 Å². The van der Waals surface area contributed by atoms with Crippen molar-refractivity contribution in [3.8, 4) is 17.0 Å². The second-order valence-corrected chi connectivity index (χ2v) is 10.1. The van der Waals surface area contributed by atoms with Crippen LogP contribution < -0.4 is 9.46 Å². The summed E-state index contributed by atoms with van der Waals surface area (Å²) in [6.45, 7) is 2.02. The fourth-order valence-electron chi connectivity index (χ4n) is 4.50. The summed E-state index contributed by atoms with van der Waals surface area (Å²) < 4.78 is 37.3. The number of nitrogens with zero attached hydrogens (tertiary/aromatic N) is 4. The van der Waals surface area contributed by atoms with Crippen LogP contribution in [0.1, 0.15) is 41.8 Å². The summed E-state index contributed by atoms with van der Waals surface area (Å²) in [7, 11) is 5.39. The molecule has 0 saturated heterocycles. The Hall–Kier alpha value is -3.11. The van der Waals surface area contributed by atoms with Gasteiger partial charge in [0.15, 0.2) is 16.0 Å². The summed E-state index contributed by atoms with van der Waals surface area (Å²) in [4.78, 5) is 19.2. The van der Waals surface area contributed by atoms with Crippen LogP contribution in [0, 0.1) is 5.82 Å². The molecule has 1 aromatic carbocycles.